The van der Waals surface area contributed by atoms with Gasteiger partial charge in [-0.1, -0.05) is 159 Å². The van der Waals surface area contributed by atoms with Gasteiger partial charge in [0.1, 0.15) is 24.0 Å². The summed E-state index contributed by atoms with van der Waals surface area (Å²) in [6, 6.07) is 46.4. The maximum Gasteiger partial charge on any atom is 0.137 e. The van der Waals surface area contributed by atoms with Crippen molar-refractivity contribution in [2.24, 2.45) is 0 Å². The van der Waals surface area contributed by atoms with Gasteiger partial charge in [0.2, 0.25) is 0 Å². The van der Waals surface area contributed by atoms with Gasteiger partial charge in [-0.05, 0) is 105 Å². The highest BCUT2D eigenvalue weighted by molar-refractivity contribution is 6.10. The monoisotopic (exact) mass is 855 g/mol. The molecule has 0 saturated carbocycles. The summed E-state index contributed by atoms with van der Waals surface area (Å²) in [5.74, 6) is 2.21. The van der Waals surface area contributed by atoms with Crippen LogP contribution >= 0.6 is 0 Å². The summed E-state index contributed by atoms with van der Waals surface area (Å²) >= 11 is 0. The second kappa shape index (κ2) is 15.8. The topological polar surface area (TPSA) is 33.5 Å². The molecular formula is C60H58N4O. The van der Waals surface area contributed by atoms with Crippen molar-refractivity contribution in [1.82, 2.24) is 9.55 Å². The van der Waals surface area contributed by atoms with Crippen molar-refractivity contribution in [3.05, 3.63) is 193 Å². The number of hydrogen-bond donors (Lipinski definition) is 0. The number of benzene rings is 7. The van der Waals surface area contributed by atoms with Crippen molar-refractivity contribution in [2.75, 3.05) is 16.5 Å². The van der Waals surface area contributed by atoms with E-state index in [1.807, 2.05) is 48.7 Å². The van der Waals surface area contributed by atoms with E-state index in [-0.39, 0.29) is 46.0 Å². The molecule has 0 N–H and O–H groups in total. The number of aromatic nitrogens is 2. The third-order valence-corrected chi connectivity index (χ3v) is 12.7. The molecule has 0 bridgehead atoms. The molecule has 7 aromatic carbocycles. The summed E-state index contributed by atoms with van der Waals surface area (Å²) in [4.78, 5) is 9.37. The zero-order valence-electron chi connectivity index (χ0n) is 43.8. The van der Waals surface area contributed by atoms with Crippen LogP contribution in [0.3, 0.4) is 0 Å². The molecule has 9 aromatic rings. The number of hydrogen-bond acceptors (Lipinski definition) is 4. The minimum atomic E-state index is -0.422. The Morgan fingerprint density at radius 1 is 0.508 bits per heavy atom. The standard InChI is InChI=1S/C60H58N4O/c1-58(2,3)42-21-15-20-41(34-42)49-25-17-24-48(40-18-11-10-12-19-40)57(49)63-39-62(53-26-13-14-27-54(53)63)45-22-16-23-46(37-45)65-47-29-30-50-51-35-43(59(4,5)6)28-31-52(51)64(55(50)38-47)56-36-44(32-33-61-56)60(7,8)9/h10-38H,39H2,1-9H3/i10D,11D,12D,18D,19D. The fraction of sp³-hybridized carbons (Fsp3) is 0.217. The van der Waals surface area contributed by atoms with Gasteiger partial charge < -0.3 is 14.5 Å². The Morgan fingerprint density at radius 2 is 1.15 bits per heavy atom. The third-order valence-electron chi connectivity index (χ3n) is 12.7. The lowest BCUT2D eigenvalue weighted by molar-refractivity contribution is 0.483. The molecule has 324 valence electrons. The van der Waals surface area contributed by atoms with E-state index in [0.717, 1.165) is 67.1 Å². The molecule has 0 radical (unpaired) electrons. The maximum absolute atomic E-state index is 9.14. The first kappa shape index (κ1) is 36.3. The summed E-state index contributed by atoms with van der Waals surface area (Å²) < 4.78 is 53.1. The normalized spacial score (nSPS) is 14.3. The summed E-state index contributed by atoms with van der Waals surface area (Å²) in [7, 11) is 0. The number of anilines is 4. The molecule has 0 unspecified atom stereocenters. The van der Waals surface area contributed by atoms with Crippen LogP contribution in [0.2, 0.25) is 0 Å². The molecule has 0 aliphatic carbocycles. The molecular weight excluding hydrogens is 793 g/mol. The van der Waals surface area contributed by atoms with Gasteiger partial charge in [0, 0.05) is 45.9 Å². The minimum absolute atomic E-state index is 0.0258. The van der Waals surface area contributed by atoms with Crippen LogP contribution in [-0.2, 0) is 16.2 Å². The van der Waals surface area contributed by atoms with Crippen LogP contribution in [0.15, 0.2) is 176 Å². The molecule has 0 fully saturated rings. The van der Waals surface area contributed by atoms with Crippen molar-refractivity contribution >= 4 is 44.6 Å². The lowest BCUT2D eigenvalue weighted by Crippen LogP contribution is -2.25. The van der Waals surface area contributed by atoms with Crippen LogP contribution in [0.1, 0.15) is 85.9 Å². The molecule has 1 aliphatic rings. The first-order valence-electron chi connectivity index (χ1n) is 25.0. The average molecular weight is 856 g/mol. The van der Waals surface area contributed by atoms with Gasteiger partial charge in [0.05, 0.1) is 34.9 Å². The van der Waals surface area contributed by atoms with E-state index in [4.69, 9.17) is 16.6 Å². The van der Waals surface area contributed by atoms with E-state index < -0.39 is 6.04 Å². The van der Waals surface area contributed by atoms with Gasteiger partial charge in [0.25, 0.3) is 0 Å². The molecule has 5 heteroatoms. The largest absolute Gasteiger partial charge is 0.457 e. The summed E-state index contributed by atoms with van der Waals surface area (Å²) in [5, 5.41) is 2.28. The number of nitrogens with zero attached hydrogens (tertiary/aromatic N) is 4. The molecule has 5 nitrogen and oxygen atoms in total. The van der Waals surface area contributed by atoms with Gasteiger partial charge in [0.15, 0.2) is 0 Å². The van der Waals surface area contributed by atoms with Gasteiger partial charge >= 0.3 is 0 Å². The predicted octanol–water partition coefficient (Wildman–Crippen LogP) is 16.4. The minimum Gasteiger partial charge on any atom is -0.457 e. The van der Waals surface area contributed by atoms with Crippen molar-refractivity contribution in [3.8, 4) is 39.6 Å². The highest BCUT2D eigenvalue weighted by Gasteiger charge is 2.32. The number of para-hydroxylation sites is 3. The number of rotatable bonds is 7. The first-order chi connectivity index (χ1) is 33.2. The second-order valence-corrected chi connectivity index (χ2v) is 20.3. The van der Waals surface area contributed by atoms with E-state index in [0.29, 0.717) is 23.7 Å². The molecule has 2 aromatic heterocycles. The fourth-order valence-electron chi connectivity index (χ4n) is 9.07. The quantitative estimate of drug-likeness (QED) is 0.160. The fourth-order valence-corrected chi connectivity index (χ4v) is 9.07. The highest BCUT2D eigenvalue weighted by atomic mass is 16.5. The molecule has 1 aliphatic heterocycles. The molecule has 0 atom stereocenters. The highest BCUT2D eigenvalue weighted by Crippen LogP contribution is 2.51. The Bertz CT molecular complexity index is 3510. The van der Waals surface area contributed by atoms with E-state index >= 15 is 0 Å². The molecule has 0 saturated heterocycles. The van der Waals surface area contributed by atoms with Gasteiger partial charge in [-0.25, -0.2) is 4.98 Å². The lowest BCUT2D eigenvalue weighted by Gasteiger charge is -2.28. The Balaban J connectivity index is 1.08. The van der Waals surface area contributed by atoms with Crippen LogP contribution < -0.4 is 14.5 Å². The molecule has 10 rings (SSSR count). The number of pyridine rings is 1. The van der Waals surface area contributed by atoms with Gasteiger partial charge in [-0.2, -0.15) is 0 Å². The Labute approximate surface area is 391 Å². The van der Waals surface area contributed by atoms with E-state index in [2.05, 4.69) is 174 Å². The Kier molecular flexibility index (Phi) is 8.84. The summed E-state index contributed by atoms with van der Waals surface area (Å²) in [6.45, 7) is 20.3. The van der Waals surface area contributed by atoms with E-state index in [1.165, 1.54) is 11.1 Å². The lowest BCUT2D eigenvalue weighted by atomic mass is 9.85. The van der Waals surface area contributed by atoms with Crippen molar-refractivity contribution in [1.29, 1.82) is 0 Å². The SMILES string of the molecule is [2H]c1c([2H])c([2H])c(-c2cccc(-c3cccc(C(C)(C)C)c3)c2N2CN(c3cccc(Oc4ccc5c6cc(C(C)(C)C)ccc6n(-c6cc(C(C)(C)C)ccn6)c5c4)c3)c3ccccc32)c([2H])c1[2H]. The van der Waals surface area contributed by atoms with E-state index in [9.17, 15) is 0 Å². The van der Waals surface area contributed by atoms with Crippen LogP contribution in [0.4, 0.5) is 22.7 Å². The summed E-state index contributed by atoms with van der Waals surface area (Å²) in [6.07, 6.45) is 1.90. The van der Waals surface area contributed by atoms with Crippen LogP contribution in [-0.4, -0.2) is 16.2 Å². The Morgan fingerprint density at radius 3 is 1.89 bits per heavy atom. The zero-order valence-corrected chi connectivity index (χ0v) is 38.8. The van der Waals surface area contributed by atoms with Gasteiger partial charge in [-0.15, -0.1) is 0 Å². The third kappa shape index (κ3) is 7.84. The van der Waals surface area contributed by atoms with Crippen LogP contribution in [0, 0.1) is 0 Å². The molecule has 3 heterocycles. The molecule has 0 amide bonds. The van der Waals surface area contributed by atoms with Crippen molar-refractivity contribution < 1.29 is 11.6 Å². The predicted molar refractivity (Wildman–Crippen MR) is 274 cm³/mol. The first-order valence-corrected chi connectivity index (χ1v) is 22.5. The van der Waals surface area contributed by atoms with Crippen LogP contribution in [0.25, 0.3) is 49.9 Å². The zero-order chi connectivity index (χ0) is 49.6. The van der Waals surface area contributed by atoms with Crippen molar-refractivity contribution in [2.45, 2.75) is 78.6 Å². The number of ether oxygens (including phenoxy) is 1. The molecule has 65 heavy (non-hydrogen) atoms. The molecule has 0 spiro atoms. The maximum atomic E-state index is 9.14. The Hall–Kier alpha value is -7.11. The van der Waals surface area contributed by atoms with Gasteiger partial charge in [-0.3, -0.25) is 4.57 Å². The second-order valence-electron chi connectivity index (χ2n) is 20.3. The average Bonchev–Trinajstić information content (AvgIpc) is 3.87. The van der Waals surface area contributed by atoms with Crippen LogP contribution in [0.5, 0.6) is 11.5 Å². The smallest absolute Gasteiger partial charge is 0.137 e. The van der Waals surface area contributed by atoms with E-state index in [1.54, 1.807) is 0 Å². The number of fused-ring (bicyclic) bond motifs is 4. The van der Waals surface area contributed by atoms with Crippen molar-refractivity contribution in [3.63, 3.8) is 0 Å². The summed E-state index contributed by atoms with van der Waals surface area (Å²) in [5.41, 5.74) is 11.6.